The molecule has 29 heavy (non-hydrogen) atoms. The van der Waals surface area contributed by atoms with E-state index in [0.717, 1.165) is 40.8 Å². The van der Waals surface area contributed by atoms with E-state index >= 15 is 0 Å². The van der Waals surface area contributed by atoms with E-state index in [1.165, 1.54) is 0 Å². The maximum absolute atomic E-state index is 13.9. The molecule has 0 spiro atoms. The zero-order valence-corrected chi connectivity index (χ0v) is 16.1. The molecule has 1 aliphatic heterocycles. The van der Waals surface area contributed by atoms with Gasteiger partial charge in [0, 0.05) is 29.0 Å². The minimum Gasteiger partial charge on any atom is -0.326 e. The Hall–Kier alpha value is -3.13. The molecule has 0 radical (unpaired) electrons. The van der Waals surface area contributed by atoms with E-state index < -0.39 is 11.6 Å². The summed E-state index contributed by atoms with van der Waals surface area (Å²) in [7, 11) is 0. The van der Waals surface area contributed by atoms with Crippen LogP contribution in [0.5, 0.6) is 0 Å². The first kappa shape index (κ1) is 19.2. The molecular formula is C21H17F2N3O2S. The van der Waals surface area contributed by atoms with Crippen molar-refractivity contribution in [2.45, 2.75) is 19.3 Å². The number of hydrogen-bond donors (Lipinski definition) is 2. The van der Waals surface area contributed by atoms with E-state index in [1.807, 2.05) is 24.3 Å². The van der Waals surface area contributed by atoms with Gasteiger partial charge in [0.1, 0.15) is 11.6 Å². The number of para-hydroxylation sites is 1. The standard InChI is InChI=1S/C21H17F2N3O2S/c22-14-6-7-16(23)15(10-14)18-11-29-21(25-18)26-19(27)8-5-13-9-12-3-1-2-4-17(12)24-20(13)28/h1-4,6-7,10-11,13H,5,8-9H2,(H,24,28)(H,25,26,27)/t13-/m0/s1. The van der Waals surface area contributed by atoms with Gasteiger partial charge in [-0.3, -0.25) is 9.59 Å². The van der Waals surface area contributed by atoms with Crippen molar-refractivity contribution in [3.05, 3.63) is 65.0 Å². The predicted octanol–water partition coefficient (Wildman–Crippen LogP) is 4.62. The van der Waals surface area contributed by atoms with Gasteiger partial charge in [-0.1, -0.05) is 18.2 Å². The Morgan fingerprint density at radius 3 is 2.93 bits per heavy atom. The molecule has 8 heteroatoms. The molecule has 0 bridgehead atoms. The summed E-state index contributed by atoms with van der Waals surface area (Å²) >= 11 is 1.13. The number of thiazole rings is 1. The predicted molar refractivity (Wildman–Crippen MR) is 108 cm³/mol. The molecule has 2 heterocycles. The molecule has 0 saturated carbocycles. The van der Waals surface area contributed by atoms with Crippen LogP contribution < -0.4 is 10.6 Å². The van der Waals surface area contributed by atoms with Gasteiger partial charge in [-0.2, -0.15) is 0 Å². The van der Waals surface area contributed by atoms with E-state index in [1.54, 1.807) is 5.38 Å². The van der Waals surface area contributed by atoms with E-state index in [9.17, 15) is 18.4 Å². The van der Waals surface area contributed by atoms with Crippen molar-refractivity contribution in [1.29, 1.82) is 0 Å². The molecule has 3 aromatic rings. The van der Waals surface area contributed by atoms with Crippen LogP contribution in [0.1, 0.15) is 18.4 Å². The molecule has 1 aliphatic rings. The average Bonchev–Trinajstić information content (AvgIpc) is 3.16. The number of halogens is 2. The third-order valence-electron chi connectivity index (χ3n) is 4.79. The SMILES string of the molecule is O=C(CC[C@H]1Cc2ccccc2NC1=O)Nc1nc(-c2cc(F)ccc2F)cs1. The zero-order valence-electron chi connectivity index (χ0n) is 15.2. The van der Waals surface area contributed by atoms with Crippen LogP contribution in [0, 0.1) is 17.6 Å². The molecule has 2 amide bonds. The maximum Gasteiger partial charge on any atom is 0.227 e. The second-order valence-electron chi connectivity index (χ2n) is 6.80. The molecule has 0 unspecified atom stereocenters. The number of rotatable bonds is 5. The van der Waals surface area contributed by atoms with Crippen LogP contribution in [0.4, 0.5) is 19.6 Å². The lowest BCUT2D eigenvalue weighted by Gasteiger charge is -2.24. The molecular weight excluding hydrogens is 396 g/mol. The fourth-order valence-electron chi connectivity index (χ4n) is 3.28. The fraction of sp³-hybridized carbons (Fsp3) is 0.190. The van der Waals surface area contributed by atoms with E-state index in [-0.39, 0.29) is 35.4 Å². The minimum absolute atomic E-state index is 0.0410. The van der Waals surface area contributed by atoms with Crippen LogP contribution in [0.2, 0.25) is 0 Å². The number of nitrogens with one attached hydrogen (secondary N) is 2. The normalized spacial score (nSPS) is 15.5. The summed E-state index contributed by atoms with van der Waals surface area (Å²) in [6.45, 7) is 0. The zero-order chi connectivity index (χ0) is 20.4. The fourth-order valence-corrected chi connectivity index (χ4v) is 4.01. The summed E-state index contributed by atoms with van der Waals surface area (Å²) in [4.78, 5) is 28.7. The van der Waals surface area contributed by atoms with Gasteiger partial charge in [-0.25, -0.2) is 13.8 Å². The van der Waals surface area contributed by atoms with Crippen LogP contribution in [0.15, 0.2) is 47.8 Å². The minimum atomic E-state index is -0.585. The van der Waals surface area contributed by atoms with Crippen LogP contribution in [-0.4, -0.2) is 16.8 Å². The molecule has 5 nitrogen and oxygen atoms in total. The van der Waals surface area contributed by atoms with Gasteiger partial charge in [0.15, 0.2) is 5.13 Å². The van der Waals surface area contributed by atoms with E-state index in [0.29, 0.717) is 18.0 Å². The van der Waals surface area contributed by atoms with Crippen LogP contribution in [0.3, 0.4) is 0 Å². The summed E-state index contributed by atoms with van der Waals surface area (Å²) in [6.07, 6.45) is 1.15. The number of amides is 2. The number of fused-ring (bicyclic) bond motifs is 1. The van der Waals surface area contributed by atoms with Crippen LogP contribution >= 0.6 is 11.3 Å². The number of benzene rings is 2. The number of aromatic nitrogens is 1. The molecule has 148 valence electrons. The highest BCUT2D eigenvalue weighted by Crippen LogP contribution is 2.29. The third-order valence-corrected chi connectivity index (χ3v) is 5.54. The Morgan fingerprint density at radius 2 is 2.07 bits per heavy atom. The Labute approximate surface area is 169 Å². The van der Waals surface area contributed by atoms with Crippen LogP contribution in [0.25, 0.3) is 11.3 Å². The Bertz CT molecular complexity index is 1080. The summed E-state index contributed by atoms with van der Waals surface area (Å²) < 4.78 is 27.2. The van der Waals surface area contributed by atoms with Gasteiger partial charge in [-0.15, -0.1) is 11.3 Å². The van der Waals surface area contributed by atoms with Crippen LogP contribution in [-0.2, 0) is 16.0 Å². The van der Waals surface area contributed by atoms with Crippen molar-refractivity contribution in [3.63, 3.8) is 0 Å². The first-order valence-electron chi connectivity index (χ1n) is 9.09. The lowest BCUT2D eigenvalue weighted by atomic mass is 9.89. The van der Waals surface area contributed by atoms with Crippen molar-refractivity contribution in [3.8, 4) is 11.3 Å². The summed E-state index contributed by atoms with van der Waals surface area (Å²) in [5.74, 6) is -1.79. The second-order valence-corrected chi connectivity index (χ2v) is 7.65. The number of carbonyl (C=O) groups is 2. The Balaban J connectivity index is 1.36. The first-order valence-corrected chi connectivity index (χ1v) is 9.97. The topological polar surface area (TPSA) is 71.1 Å². The summed E-state index contributed by atoms with van der Waals surface area (Å²) in [5, 5.41) is 7.38. The van der Waals surface area contributed by atoms with Gasteiger partial charge in [-0.05, 0) is 42.7 Å². The number of anilines is 2. The lowest BCUT2D eigenvalue weighted by molar-refractivity contribution is -0.121. The van der Waals surface area contributed by atoms with Crippen molar-refractivity contribution in [2.75, 3.05) is 10.6 Å². The average molecular weight is 413 g/mol. The number of nitrogens with zero attached hydrogens (tertiary/aromatic N) is 1. The van der Waals surface area contributed by atoms with Gasteiger partial charge in [0.25, 0.3) is 0 Å². The van der Waals surface area contributed by atoms with Gasteiger partial charge in [0.2, 0.25) is 11.8 Å². The van der Waals surface area contributed by atoms with E-state index in [4.69, 9.17) is 0 Å². The van der Waals surface area contributed by atoms with Gasteiger partial charge >= 0.3 is 0 Å². The molecule has 1 atom stereocenters. The first-order chi connectivity index (χ1) is 14.0. The molecule has 2 aromatic carbocycles. The van der Waals surface area contributed by atoms with Gasteiger partial charge < -0.3 is 10.6 Å². The number of hydrogen-bond acceptors (Lipinski definition) is 4. The Kier molecular flexibility index (Phi) is 5.35. The Morgan fingerprint density at radius 1 is 1.24 bits per heavy atom. The molecule has 0 saturated heterocycles. The number of carbonyl (C=O) groups excluding carboxylic acids is 2. The summed E-state index contributed by atoms with van der Waals surface area (Å²) in [5.41, 5.74) is 2.17. The second kappa shape index (κ2) is 8.08. The summed E-state index contributed by atoms with van der Waals surface area (Å²) in [6, 6.07) is 10.7. The highest BCUT2D eigenvalue weighted by molar-refractivity contribution is 7.14. The quantitative estimate of drug-likeness (QED) is 0.641. The van der Waals surface area contributed by atoms with Crippen molar-refractivity contribution in [1.82, 2.24) is 4.98 Å². The highest BCUT2D eigenvalue weighted by atomic mass is 32.1. The lowest BCUT2D eigenvalue weighted by Crippen LogP contribution is -2.30. The molecule has 1 aromatic heterocycles. The van der Waals surface area contributed by atoms with E-state index in [2.05, 4.69) is 15.6 Å². The van der Waals surface area contributed by atoms with Crippen molar-refractivity contribution < 1.29 is 18.4 Å². The molecule has 2 N–H and O–H groups in total. The van der Waals surface area contributed by atoms with Crippen molar-refractivity contribution in [2.24, 2.45) is 5.92 Å². The largest absolute Gasteiger partial charge is 0.326 e. The monoisotopic (exact) mass is 413 g/mol. The molecule has 0 fully saturated rings. The smallest absolute Gasteiger partial charge is 0.227 e. The maximum atomic E-state index is 13.9. The highest BCUT2D eigenvalue weighted by Gasteiger charge is 2.26. The third kappa shape index (κ3) is 4.32. The molecule has 0 aliphatic carbocycles. The van der Waals surface area contributed by atoms with Crippen molar-refractivity contribution >= 4 is 34.0 Å². The van der Waals surface area contributed by atoms with Gasteiger partial charge in [0.05, 0.1) is 5.69 Å². The molecule has 4 rings (SSSR count).